The smallest absolute Gasteiger partial charge is 0.387 e. The Morgan fingerprint density at radius 3 is 2.22 bits per heavy atom. The fourth-order valence-corrected chi connectivity index (χ4v) is 3.79. The number of ether oxygens (including phenoxy) is 1. The van der Waals surface area contributed by atoms with Crippen molar-refractivity contribution in [3.05, 3.63) is 94.5 Å². The van der Waals surface area contributed by atoms with Crippen LogP contribution in [-0.2, 0) is 5.75 Å². The van der Waals surface area contributed by atoms with E-state index in [1.54, 1.807) is 36.0 Å². The van der Waals surface area contributed by atoms with Crippen molar-refractivity contribution in [1.29, 1.82) is 0 Å². The number of alkyl halides is 2. The molecule has 0 heterocycles. The number of halogens is 3. The lowest BCUT2D eigenvalue weighted by Crippen LogP contribution is -2.20. The van der Waals surface area contributed by atoms with E-state index in [0.29, 0.717) is 28.3 Å². The van der Waals surface area contributed by atoms with Crippen LogP contribution >= 0.6 is 23.4 Å². The number of carbonyl (C=O) groups excluding carboxylic acids is 1. The van der Waals surface area contributed by atoms with Gasteiger partial charge in [0.2, 0.25) is 0 Å². The summed E-state index contributed by atoms with van der Waals surface area (Å²) in [7, 11) is 0. The third-order valence-corrected chi connectivity index (χ3v) is 5.81. The van der Waals surface area contributed by atoms with Crippen LogP contribution in [0.5, 0.6) is 5.75 Å². The second-order valence-electron chi connectivity index (χ2n) is 6.70. The van der Waals surface area contributed by atoms with E-state index in [-0.39, 0.29) is 11.7 Å². The first-order valence-electron chi connectivity index (χ1n) is 9.84. The average Bonchev–Trinajstić information content (AvgIpc) is 2.80. The molecule has 3 rings (SSSR count). The molecule has 0 saturated carbocycles. The van der Waals surface area contributed by atoms with Crippen molar-refractivity contribution in [3.8, 4) is 5.75 Å². The number of nitrogens with one attached hydrogen (secondary N) is 1. The van der Waals surface area contributed by atoms with Gasteiger partial charge in [-0.1, -0.05) is 30.7 Å². The second kappa shape index (κ2) is 11.6. The normalized spacial score (nSPS) is 11.5. The van der Waals surface area contributed by atoms with Crippen LogP contribution in [0.1, 0.15) is 34.8 Å². The molecular weight excluding hydrogens is 454 g/mol. The van der Waals surface area contributed by atoms with Crippen molar-refractivity contribution < 1.29 is 18.3 Å². The Kier molecular flexibility index (Phi) is 8.64. The summed E-state index contributed by atoms with van der Waals surface area (Å²) in [4.78, 5) is 13.6. The summed E-state index contributed by atoms with van der Waals surface area (Å²) in [6.45, 7) is -0.983. The van der Waals surface area contributed by atoms with Gasteiger partial charge in [-0.15, -0.1) is 11.8 Å². The number of hydrogen-bond acceptors (Lipinski definition) is 4. The van der Waals surface area contributed by atoms with Crippen LogP contribution < -0.4 is 10.2 Å². The number of amides is 1. The minimum absolute atomic E-state index is 0.0672. The van der Waals surface area contributed by atoms with Gasteiger partial charge in [-0.3, -0.25) is 4.79 Å². The molecule has 3 aromatic rings. The van der Waals surface area contributed by atoms with E-state index >= 15 is 0 Å². The Morgan fingerprint density at radius 2 is 1.62 bits per heavy atom. The first kappa shape index (κ1) is 23.8. The van der Waals surface area contributed by atoms with Gasteiger partial charge in [0.25, 0.3) is 5.91 Å². The fraction of sp³-hybridized carbons (Fsp3) is 0.167. The van der Waals surface area contributed by atoms with Crippen LogP contribution in [0.15, 0.2) is 82.8 Å². The second-order valence-corrected chi connectivity index (χ2v) is 8.18. The maximum atomic E-state index is 12.5. The first-order valence-corrected chi connectivity index (χ1v) is 11.2. The Balaban J connectivity index is 1.57. The molecule has 0 aliphatic rings. The Hall–Kier alpha value is -2.90. The number of hydrogen-bond donors (Lipinski definition) is 1. The highest BCUT2D eigenvalue weighted by molar-refractivity contribution is 7.98. The molecule has 1 amide bonds. The summed E-state index contributed by atoms with van der Waals surface area (Å²) in [6, 6.07) is 21.1. The molecule has 32 heavy (non-hydrogen) atoms. The zero-order valence-electron chi connectivity index (χ0n) is 17.2. The van der Waals surface area contributed by atoms with E-state index < -0.39 is 6.61 Å². The predicted octanol–water partition coefficient (Wildman–Crippen LogP) is 6.78. The minimum Gasteiger partial charge on any atom is -0.435 e. The highest BCUT2D eigenvalue weighted by Crippen LogP contribution is 2.24. The molecule has 0 aliphatic carbocycles. The van der Waals surface area contributed by atoms with Crippen molar-refractivity contribution in [2.75, 3.05) is 0 Å². The third-order valence-electron chi connectivity index (χ3n) is 4.48. The lowest BCUT2D eigenvalue weighted by molar-refractivity contribution is -0.0498. The average molecular weight is 475 g/mol. The van der Waals surface area contributed by atoms with Crippen molar-refractivity contribution in [2.45, 2.75) is 30.6 Å². The van der Waals surface area contributed by atoms with Crippen LogP contribution in [-0.4, -0.2) is 18.2 Å². The molecule has 0 atom stereocenters. The monoisotopic (exact) mass is 474 g/mol. The molecule has 0 unspecified atom stereocenters. The van der Waals surface area contributed by atoms with Crippen molar-refractivity contribution >= 4 is 35.0 Å². The van der Waals surface area contributed by atoms with Gasteiger partial charge in [0.1, 0.15) is 5.75 Å². The quantitative estimate of drug-likeness (QED) is 0.211. The zero-order chi connectivity index (χ0) is 22.9. The zero-order valence-corrected chi connectivity index (χ0v) is 18.8. The van der Waals surface area contributed by atoms with Crippen LogP contribution in [0.25, 0.3) is 0 Å². The number of thioether (sulfide) groups is 1. The third kappa shape index (κ3) is 7.07. The molecule has 0 fully saturated rings. The lowest BCUT2D eigenvalue weighted by Gasteiger charge is -2.08. The number of rotatable bonds is 9. The van der Waals surface area contributed by atoms with Crippen LogP contribution in [0.3, 0.4) is 0 Å². The minimum atomic E-state index is -2.87. The summed E-state index contributed by atoms with van der Waals surface area (Å²) in [5, 5.41) is 4.90. The highest BCUT2D eigenvalue weighted by Gasteiger charge is 2.08. The van der Waals surface area contributed by atoms with E-state index in [9.17, 15) is 13.6 Å². The van der Waals surface area contributed by atoms with E-state index in [4.69, 9.17) is 11.6 Å². The molecule has 0 saturated heterocycles. The van der Waals surface area contributed by atoms with Gasteiger partial charge >= 0.3 is 6.61 Å². The topological polar surface area (TPSA) is 50.7 Å². The van der Waals surface area contributed by atoms with E-state index in [2.05, 4.69) is 15.3 Å². The molecule has 4 nitrogen and oxygen atoms in total. The first-order chi connectivity index (χ1) is 15.4. The van der Waals surface area contributed by atoms with Crippen LogP contribution in [0.2, 0.25) is 5.02 Å². The molecule has 0 radical (unpaired) electrons. The number of hydrazone groups is 1. The molecule has 0 bridgehead atoms. The van der Waals surface area contributed by atoms with E-state index in [0.717, 1.165) is 16.2 Å². The Labute approximate surface area is 194 Å². The largest absolute Gasteiger partial charge is 0.435 e. The number of benzene rings is 3. The molecule has 0 aromatic heterocycles. The number of nitrogens with zero attached hydrogens (tertiary/aromatic N) is 1. The summed E-state index contributed by atoms with van der Waals surface area (Å²) in [5.41, 5.74) is 5.47. The standard InChI is InChI=1S/C24H21ClF2N2O2S/c1-2-22(17-7-11-20(12-8-17)31-24(26)27)28-29-23(30)18-5-3-16(4-6-18)15-32-21-13-9-19(25)10-14-21/h3-14,24H,2,15H2,1H3,(H,29,30)/b28-22-. The van der Waals surface area contributed by atoms with Gasteiger partial charge in [-0.25, -0.2) is 5.43 Å². The van der Waals surface area contributed by atoms with Gasteiger partial charge in [0.15, 0.2) is 0 Å². The van der Waals surface area contributed by atoms with Gasteiger partial charge in [-0.05, 0) is 78.2 Å². The molecule has 8 heteroatoms. The molecule has 166 valence electrons. The molecular formula is C24H21ClF2N2O2S. The summed E-state index contributed by atoms with van der Waals surface area (Å²) >= 11 is 7.59. The van der Waals surface area contributed by atoms with Crippen LogP contribution in [0.4, 0.5) is 8.78 Å². The van der Waals surface area contributed by atoms with Gasteiger partial charge in [-0.2, -0.15) is 13.9 Å². The van der Waals surface area contributed by atoms with Gasteiger partial charge in [0, 0.05) is 21.2 Å². The molecule has 3 aromatic carbocycles. The summed E-state index contributed by atoms with van der Waals surface area (Å²) < 4.78 is 28.9. The Bertz CT molecular complexity index is 1060. The van der Waals surface area contributed by atoms with Crippen molar-refractivity contribution in [3.63, 3.8) is 0 Å². The number of carbonyl (C=O) groups is 1. The van der Waals surface area contributed by atoms with E-state index in [1.165, 1.54) is 12.1 Å². The van der Waals surface area contributed by atoms with Crippen LogP contribution in [0, 0.1) is 0 Å². The molecule has 0 spiro atoms. The van der Waals surface area contributed by atoms with E-state index in [1.807, 2.05) is 43.3 Å². The Morgan fingerprint density at radius 1 is 1.00 bits per heavy atom. The molecule has 1 N–H and O–H groups in total. The van der Waals surface area contributed by atoms with Crippen molar-refractivity contribution in [2.24, 2.45) is 5.10 Å². The van der Waals surface area contributed by atoms with Gasteiger partial charge in [0.05, 0.1) is 5.71 Å². The highest BCUT2D eigenvalue weighted by atomic mass is 35.5. The van der Waals surface area contributed by atoms with Gasteiger partial charge < -0.3 is 4.74 Å². The maximum absolute atomic E-state index is 12.5. The predicted molar refractivity (Wildman–Crippen MR) is 125 cm³/mol. The summed E-state index contributed by atoms with van der Waals surface area (Å²) in [6.07, 6.45) is 0.552. The maximum Gasteiger partial charge on any atom is 0.387 e. The lowest BCUT2D eigenvalue weighted by atomic mass is 10.1. The van der Waals surface area contributed by atoms with Crippen molar-refractivity contribution in [1.82, 2.24) is 5.43 Å². The fourth-order valence-electron chi connectivity index (χ4n) is 2.81. The SMILES string of the molecule is CC/C(=N/NC(=O)c1ccc(CSc2ccc(Cl)cc2)cc1)c1ccc(OC(F)F)cc1. The molecule has 0 aliphatic heterocycles. The summed E-state index contributed by atoms with van der Waals surface area (Å²) in [5.74, 6) is 0.510.